The highest BCUT2D eigenvalue weighted by molar-refractivity contribution is 5.32. The SMILES string of the molecule is CC(C)c1nc([C@H]2COCCN2Cc2cccc(C#N)c2)no1. The third kappa shape index (κ3) is 3.58. The van der Waals surface area contributed by atoms with Crippen LogP contribution in [0.25, 0.3) is 0 Å². The largest absolute Gasteiger partial charge is 0.378 e. The predicted octanol–water partition coefficient (Wildman–Crippen LogP) is 2.64. The van der Waals surface area contributed by atoms with E-state index in [4.69, 9.17) is 14.5 Å². The minimum atomic E-state index is -0.0225. The number of hydrogen-bond acceptors (Lipinski definition) is 6. The summed E-state index contributed by atoms with van der Waals surface area (Å²) in [5.74, 6) is 1.53. The first-order valence-corrected chi connectivity index (χ1v) is 7.81. The van der Waals surface area contributed by atoms with E-state index >= 15 is 0 Å². The van der Waals surface area contributed by atoms with Gasteiger partial charge >= 0.3 is 0 Å². The molecule has 3 rings (SSSR count). The van der Waals surface area contributed by atoms with E-state index in [0.29, 0.717) is 30.5 Å². The highest BCUT2D eigenvalue weighted by Crippen LogP contribution is 2.25. The Kier molecular flexibility index (Phi) is 4.70. The maximum atomic E-state index is 9.04. The smallest absolute Gasteiger partial charge is 0.229 e. The van der Waals surface area contributed by atoms with Crippen molar-refractivity contribution in [2.75, 3.05) is 19.8 Å². The van der Waals surface area contributed by atoms with Crippen LogP contribution in [-0.4, -0.2) is 34.8 Å². The van der Waals surface area contributed by atoms with Crippen molar-refractivity contribution < 1.29 is 9.26 Å². The molecule has 1 fully saturated rings. The van der Waals surface area contributed by atoms with E-state index in [2.05, 4.69) is 21.1 Å². The fourth-order valence-corrected chi connectivity index (χ4v) is 2.66. The molecule has 0 unspecified atom stereocenters. The molecule has 120 valence electrons. The van der Waals surface area contributed by atoms with E-state index in [0.717, 1.165) is 18.7 Å². The monoisotopic (exact) mass is 312 g/mol. The van der Waals surface area contributed by atoms with Gasteiger partial charge in [0.1, 0.15) is 0 Å². The number of ether oxygens (including phenoxy) is 1. The van der Waals surface area contributed by atoms with Crippen LogP contribution in [0.5, 0.6) is 0 Å². The van der Waals surface area contributed by atoms with Crippen molar-refractivity contribution in [1.29, 1.82) is 5.26 Å². The Morgan fingerprint density at radius 2 is 2.30 bits per heavy atom. The van der Waals surface area contributed by atoms with Crippen LogP contribution >= 0.6 is 0 Å². The number of aromatic nitrogens is 2. The summed E-state index contributed by atoms with van der Waals surface area (Å²) in [6.07, 6.45) is 0. The van der Waals surface area contributed by atoms with Crippen molar-refractivity contribution in [3.63, 3.8) is 0 Å². The Hall–Kier alpha value is -2.23. The van der Waals surface area contributed by atoms with Gasteiger partial charge in [0.2, 0.25) is 5.89 Å². The number of benzene rings is 1. The van der Waals surface area contributed by atoms with Gasteiger partial charge in [0.25, 0.3) is 0 Å². The summed E-state index contributed by atoms with van der Waals surface area (Å²) in [4.78, 5) is 6.78. The molecule has 0 spiro atoms. The lowest BCUT2D eigenvalue weighted by molar-refractivity contribution is -0.0166. The molecule has 0 saturated carbocycles. The third-order valence-electron chi connectivity index (χ3n) is 3.93. The maximum absolute atomic E-state index is 9.04. The van der Waals surface area contributed by atoms with Crippen molar-refractivity contribution in [3.05, 3.63) is 47.1 Å². The average Bonchev–Trinajstić information content (AvgIpc) is 3.06. The zero-order valence-electron chi connectivity index (χ0n) is 13.4. The molecule has 23 heavy (non-hydrogen) atoms. The number of morpholine rings is 1. The highest BCUT2D eigenvalue weighted by Gasteiger charge is 2.29. The highest BCUT2D eigenvalue weighted by atomic mass is 16.5. The van der Waals surface area contributed by atoms with Gasteiger partial charge in [-0.3, -0.25) is 4.90 Å². The Bertz CT molecular complexity index is 705. The second kappa shape index (κ2) is 6.90. The van der Waals surface area contributed by atoms with Crippen LogP contribution in [0.4, 0.5) is 0 Å². The summed E-state index contributed by atoms with van der Waals surface area (Å²) in [5, 5.41) is 13.2. The Morgan fingerprint density at radius 1 is 1.43 bits per heavy atom. The summed E-state index contributed by atoms with van der Waals surface area (Å²) >= 11 is 0. The predicted molar refractivity (Wildman–Crippen MR) is 83.5 cm³/mol. The normalized spacial score (nSPS) is 19.0. The molecular weight excluding hydrogens is 292 g/mol. The van der Waals surface area contributed by atoms with Crippen molar-refractivity contribution in [2.24, 2.45) is 0 Å². The molecule has 1 aliphatic heterocycles. The van der Waals surface area contributed by atoms with Crippen LogP contribution < -0.4 is 0 Å². The number of nitriles is 1. The summed E-state index contributed by atoms with van der Waals surface area (Å²) in [6, 6.07) is 9.83. The van der Waals surface area contributed by atoms with Gasteiger partial charge in [0.05, 0.1) is 30.9 Å². The molecule has 1 saturated heterocycles. The van der Waals surface area contributed by atoms with E-state index in [1.165, 1.54) is 0 Å². The number of nitrogens with zero attached hydrogens (tertiary/aromatic N) is 4. The van der Waals surface area contributed by atoms with Gasteiger partial charge in [0, 0.05) is 19.0 Å². The topological polar surface area (TPSA) is 75.2 Å². The van der Waals surface area contributed by atoms with Crippen LogP contribution in [-0.2, 0) is 11.3 Å². The van der Waals surface area contributed by atoms with Crippen LogP contribution in [0.3, 0.4) is 0 Å². The van der Waals surface area contributed by atoms with E-state index in [-0.39, 0.29) is 12.0 Å². The lowest BCUT2D eigenvalue weighted by Crippen LogP contribution is -2.39. The molecule has 6 heteroatoms. The quantitative estimate of drug-likeness (QED) is 0.864. The minimum absolute atomic E-state index is 0.0225. The molecule has 2 aromatic rings. The van der Waals surface area contributed by atoms with Crippen molar-refractivity contribution in [2.45, 2.75) is 32.4 Å². The van der Waals surface area contributed by atoms with Gasteiger partial charge in [-0.25, -0.2) is 0 Å². The number of rotatable bonds is 4. The summed E-state index contributed by atoms with van der Waals surface area (Å²) in [7, 11) is 0. The Labute approximate surface area is 135 Å². The van der Waals surface area contributed by atoms with Gasteiger partial charge in [0.15, 0.2) is 5.82 Å². The van der Waals surface area contributed by atoms with Crippen LogP contribution in [0.2, 0.25) is 0 Å². The van der Waals surface area contributed by atoms with Crippen LogP contribution in [0.1, 0.15) is 48.6 Å². The zero-order chi connectivity index (χ0) is 16.2. The molecule has 1 aliphatic rings. The Morgan fingerprint density at radius 3 is 3.04 bits per heavy atom. The van der Waals surface area contributed by atoms with Crippen LogP contribution in [0, 0.1) is 11.3 Å². The average molecular weight is 312 g/mol. The second-order valence-electron chi connectivity index (χ2n) is 6.02. The van der Waals surface area contributed by atoms with E-state index < -0.39 is 0 Å². The molecule has 2 heterocycles. The first kappa shape index (κ1) is 15.7. The van der Waals surface area contributed by atoms with Gasteiger partial charge in [-0.1, -0.05) is 31.1 Å². The molecular formula is C17H20N4O2. The fourth-order valence-electron chi connectivity index (χ4n) is 2.66. The molecule has 0 amide bonds. The lowest BCUT2D eigenvalue weighted by atomic mass is 10.1. The Balaban J connectivity index is 1.79. The summed E-state index contributed by atoms with van der Waals surface area (Å²) < 4.78 is 10.9. The number of hydrogen-bond donors (Lipinski definition) is 0. The molecule has 6 nitrogen and oxygen atoms in total. The van der Waals surface area contributed by atoms with Crippen molar-refractivity contribution in [3.8, 4) is 6.07 Å². The second-order valence-corrected chi connectivity index (χ2v) is 6.02. The molecule has 0 radical (unpaired) electrons. The lowest BCUT2D eigenvalue weighted by Gasteiger charge is -2.33. The fraction of sp³-hybridized carbons (Fsp3) is 0.471. The third-order valence-corrected chi connectivity index (χ3v) is 3.93. The molecule has 0 aliphatic carbocycles. The minimum Gasteiger partial charge on any atom is -0.378 e. The molecule has 1 atom stereocenters. The van der Waals surface area contributed by atoms with Crippen LogP contribution in [0.15, 0.2) is 28.8 Å². The first-order valence-electron chi connectivity index (χ1n) is 7.81. The van der Waals surface area contributed by atoms with Gasteiger partial charge < -0.3 is 9.26 Å². The van der Waals surface area contributed by atoms with Gasteiger partial charge in [-0.2, -0.15) is 10.2 Å². The van der Waals surface area contributed by atoms with E-state index in [1.807, 2.05) is 38.1 Å². The summed E-state index contributed by atoms with van der Waals surface area (Å²) in [6.45, 7) is 6.82. The molecule has 0 bridgehead atoms. The first-order chi connectivity index (χ1) is 11.2. The van der Waals surface area contributed by atoms with E-state index in [9.17, 15) is 0 Å². The molecule has 0 N–H and O–H groups in total. The summed E-state index contributed by atoms with van der Waals surface area (Å²) in [5.41, 5.74) is 1.78. The molecule has 1 aromatic heterocycles. The van der Waals surface area contributed by atoms with Crippen molar-refractivity contribution >= 4 is 0 Å². The van der Waals surface area contributed by atoms with Gasteiger partial charge in [-0.15, -0.1) is 0 Å². The van der Waals surface area contributed by atoms with Crippen molar-refractivity contribution in [1.82, 2.24) is 15.0 Å². The standard InChI is InChI=1S/C17H20N4O2/c1-12(2)17-19-16(20-23-17)15-11-22-7-6-21(15)10-14-5-3-4-13(8-14)9-18/h3-5,8,12,15H,6-7,10-11H2,1-2H3/t15-/m1/s1. The maximum Gasteiger partial charge on any atom is 0.229 e. The van der Waals surface area contributed by atoms with Gasteiger partial charge in [-0.05, 0) is 17.7 Å². The zero-order valence-corrected chi connectivity index (χ0v) is 13.4. The van der Waals surface area contributed by atoms with E-state index in [1.54, 1.807) is 0 Å². The molecule has 1 aromatic carbocycles.